The van der Waals surface area contributed by atoms with Crippen LogP contribution >= 0.6 is 11.3 Å². The maximum absolute atomic E-state index is 12.0. The number of rotatable bonds is 6. The van der Waals surface area contributed by atoms with Gasteiger partial charge in [0.15, 0.2) is 0 Å². The van der Waals surface area contributed by atoms with Crippen LogP contribution < -0.4 is 0 Å². The largest absolute Gasteiger partial charge is 0.395 e. The topological polar surface area (TPSA) is 62.7 Å². The Kier molecular flexibility index (Phi) is 5.37. The third-order valence-corrected chi connectivity index (χ3v) is 2.96. The van der Waals surface area contributed by atoms with E-state index in [2.05, 4.69) is 4.98 Å². The first-order valence-corrected chi connectivity index (χ1v) is 5.82. The average Bonchev–Trinajstić information content (AvgIpc) is 2.70. The van der Waals surface area contributed by atoms with Crippen molar-refractivity contribution in [3.63, 3.8) is 0 Å². The molecule has 0 unspecified atom stereocenters. The highest BCUT2D eigenvalue weighted by Crippen LogP contribution is 2.14. The lowest BCUT2D eigenvalue weighted by atomic mass is 10.4. The number of amides is 1. The number of carbonyl (C=O) groups is 1. The first-order chi connectivity index (χ1) is 7.69. The van der Waals surface area contributed by atoms with Gasteiger partial charge in [-0.2, -0.15) is 0 Å². The smallest absolute Gasteiger partial charge is 0.265 e. The molecule has 0 radical (unpaired) electrons. The molecule has 1 aromatic rings. The molecule has 90 valence electrons. The molecule has 6 heteroatoms. The summed E-state index contributed by atoms with van der Waals surface area (Å²) in [5.41, 5.74) is 0. The van der Waals surface area contributed by atoms with E-state index in [-0.39, 0.29) is 12.5 Å². The molecule has 0 bridgehead atoms. The number of aromatic nitrogens is 1. The molecule has 0 saturated heterocycles. The van der Waals surface area contributed by atoms with Crippen LogP contribution in [0.1, 0.15) is 14.7 Å². The van der Waals surface area contributed by atoms with Gasteiger partial charge in [0.05, 0.1) is 24.4 Å². The fourth-order valence-corrected chi connectivity index (χ4v) is 2.00. The van der Waals surface area contributed by atoms with Crippen LogP contribution in [-0.4, -0.2) is 54.3 Å². The van der Waals surface area contributed by atoms with Crippen molar-refractivity contribution >= 4 is 17.2 Å². The van der Waals surface area contributed by atoms with Gasteiger partial charge < -0.3 is 14.7 Å². The molecule has 0 aliphatic rings. The van der Waals surface area contributed by atoms with Crippen LogP contribution in [0.4, 0.5) is 0 Å². The molecule has 1 N–H and O–H groups in total. The molecule has 1 aromatic heterocycles. The van der Waals surface area contributed by atoms with Crippen LogP contribution in [0, 0.1) is 6.92 Å². The summed E-state index contributed by atoms with van der Waals surface area (Å²) in [6.07, 6.45) is 1.57. The predicted molar refractivity (Wildman–Crippen MR) is 61.7 cm³/mol. The number of thiazole rings is 1. The zero-order valence-corrected chi connectivity index (χ0v) is 10.3. The maximum Gasteiger partial charge on any atom is 0.265 e. The summed E-state index contributed by atoms with van der Waals surface area (Å²) in [5, 5.41) is 9.75. The summed E-state index contributed by atoms with van der Waals surface area (Å²) >= 11 is 1.36. The second kappa shape index (κ2) is 6.57. The molecule has 0 aromatic carbocycles. The molecule has 5 nitrogen and oxygen atoms in total. The van der Waals surface area contributed by atoms with E-state index >= 15 is 0 Å². The summed E-state index contributed by atoms with van der Waals surface area (Å²) in [6.45, 7) is 3.07. The maximum atomic E-state index is 12.0. The average molecular weight is 244 g/mol. The summed E-state index contributed by atoms with van der Waals surface area (Å²) < 4.78 is 4.92. The van der Waals surface area contributed by atoms with E-state index in [1.165, 1.54) is 11.3 Å². The van der Waals surface area contributed by atoms with Crippen molar-refractivity contribution in [3.05, 3.63) is 16.1 Å². The molecule has 0 spiro atoms. The molecule has 0 atom stereocenters. The van der Waals surface area contributed by atoms with Crippen LogP contribution in [0.3, 0.4) is 0 Å². The quantitative estimate of drug-likeness (QED) is 0.793. The highest BCUT2D eigenvalue weighted by atomic mass is 32.1. The molecule has 1 rings (SSSR count). The van der Waals surface area contributed by atoms with E-state index in [0.717, 1.165) is 5.01 Å². The minimum atomic E-state index is -0.100. The molecule has 0 aliphatic carbocycles. The third-order valence-electron chi connectivity index (χ3n) is 2.05. The number of carbonyl (C=O) groups excluding carboxylic acids is 1. The van der Waals surface area contributed by atoms with Crippen molar-refractivity contribution < 1.29 is 14.6 Å². The van der Waals surface area contributed by atoms with Crippen LogP contribution in [0.25, 0.3) is 0 Å². The molecule has 1 heterocycles. The number of methoxy groups -OCH3 is 1. The van der Waals surface area contributed by atoms with Crippen molar-refractivity contribution in [1.82, 2.24) is 9.88 Å². The third kappa shape index (κ3) is 3.55. The van der Waals surface area contributed by atoms with Gasteiger partial charge in [0.25, 0.3) is 5.91 Å². The second-order valence-corrected chi connectivity index (χ2v) is 4.49. The lowest BCUT2D eigenvalue weighted by Gasteiger charge is -2.20. The van der Waals surface area contributed by atoms with E-state index < -0.39 is 0 Å². The van der Waals surface area contributed by atoms with Gasteiger partial charge in [-0.05, 0) is 6.92 Å². The van der Waals surface area contributed by atoms with Crippen molar-refractivity contribution in [2.75, 3.05) is 33.4 Å². The highest BCUT2D eigenvalue weighted by Gasteiger charge is 2.16. The Hall–Kier alpha value is -0.980. The number of nitrogens with zero attached hydrogens (tertiary/aromatic N) is 2. The highest BCUT2D eigenvalue weighted by molar-refractivity contribution is 7.13. The number of hydrogen-bond acceptors (Lipinski definition) is 5. The van der Waals surface area contributed by atoms with E-state index in [4.69, 9.17) is 9.84 Å². The number of hydrogen-bond donors (Lipinski definition) is 1. The Morgan fingerprint density at radius 3 is 2.88 bits per heavy atom. The SMILES string of the molecule is COCCN(CCO)C(=O)c1cnc(C)s1. The van der Waals surface area contributed by atoms with Crippen molar-refractivity contribution in [2.24, 2.45) is 0 Å². The van der Waals surface area contributed by atoms with E-state index in [9.17, 15) is 4.79 Å². The van der Waals surface area contributed by atoms with E-state index in [0.29, 0.717) is 24.6 Å². The Balaban J connectivity index is 2.66. The van der Waals surface area contributed by atoms with Crippen LogP contribution in [-0.2, 0) is 4.74 Å². The number of ether oxygens (including phenoxy) is 1. The number of aliphatic hydroxyl groups excluding tert-OH is 1. The first kappa shape index (κ1) is 13.1. The van der Waals surface area contributed by atoms with Gasteiger partial charge in [0.1, 0.15) is 4.88 Å². The zero-order chi connectivity index (χ0) is 12.0. The molecule has 0 saturated carbocycles. The summed E-state index contributed by atoms with van der Waals surface area (Å²) in [4.78, 5) is 18.2. The fraction of sp³-hybridized carbons (Fsp3) is 0.600. The predicted octanol–water partition coefficient (Wildman–Crippen LogP) is 0.532. The Labute approximate surface area is 98.7 Å². The van der Waals surface area contributed by atoms with Gasteiger partial charge >= 0.3 is 0 Å². The zero-order valence-electron chi connectivity index (χ0n) is 9.47. The Morgan fingerprint density at radius 1 is 1.62 bits per heavy atom. The van der Waals surface area contributed by atoms with Gasteiger partial charge in [0, 0.05) is 20.2 Å². The van der Waals surface area contributed by atoms with Gasteiger partial charge in [-0.3, -0.25) is 4.79 Å². The molecular formula is C10H16N2O3S. The first-order valence-electron chi connectivity index (χ1n) is 5.00. The van der Waals surface area contributed by atoms with Crippen molar-refractivity contribution in [2.45, 2.75) is 6.92 Å². The molecular weight excluding hydrogens is 228 g/mol. The van der Waals surface area contributed by atoms with Crippen LogP contribution in [0.5, 0.6) is 0 Å². The Bertz CT molecular complexity index is 341. The Morgan fingerprint density at radius 2 is 2.38 bits per heavy atom. The van der Waals surface area contributed by atoms with Crippen molar-refractivity contribution in [3.8, 4) is 0 Å². The number of aliphatic hydroxyl groups is 1. The standard InChI is InChI=1S/C10H16N2O3S/c1-8-11-7-9(16-8)10(14)12(3-5-13)4-6-15-2/h7,13H,3-6H2,1-2H3. The van der Waals surface area contributed by atoms with E-state index in [1.807, 2.05) is 6.92 Å². The van der Waals surface area contributed by atoms with Gasteiger partial charge in [-0.15, -0.1) is 11.3 Å². The minimum Gasteiger partial charge on any atom is -0.395 e. The minimum absolute atomic E-state index is 0.0484. The van der Waals surface area contributed by atoms with Crippen LogP contribution in [0.15, 0.2) is 6.20 Å². The molecule has 0 fully saturated rings. The normalized spacial score (nSPS) is 10.4. The lowest BCUT2D eigenvalue weighted by Crippen LogP contribution is -2.35. The molecule has 1 amide bonds. The molecule has 0 aliphatic heterocycles. The van der Waals surface area contributed by atoms with Crippen molar-refractivity contribution in [1.29, 1.82) is 0 Å². The van der Waals surface area contributed by atoms with Gasteiger partial charge in [0.2, 0.25) is 0 Å². The summed E-state index contributed by atoms with van der Waals surface area (Å²) in [5.74, 6) is -0.100. The van der Waals surface area contributed by atoms with Crippen LogP contribution in [0.2, 0.25) is 0 Å². The van der Waals surface area contributed by atoms with Gasteiger partial charge in [-0.25, -0.2) is 4.98 Å². The summed E-state index contributed by atoms with van der Waals surface area (Å²) in [6, 6.07) is 0. The monoisotopic (exact) mass is 244 g/mol. The lowest BCUT2D eigenvalue weighted by molar-refractivity contribution is 0.0661. The second-order valence-electron chi connectivity index (χ2n) is 3.25. The van der Waals surface area contributed by atoms with Gasteiger partial charge in [-0.1, -0.05) is 0 Å². The summed E-state index contributed by atoms with van der Waals surface area (Å²) in [7, 11) is 1.58. The number of aryl methyl sites for hydroxylation is 1. The molecule has 16 heavy (non-hydrogen) atoms. The van der Waals surface area contributed by atoms with E-state index in [1.54, 1.807) is 18.2 Å². The fourth-order valence-electron chi connectivity index (χ4n) is 1.25.